The van der Waals surface area contributed by atoms with Crippen molar-refractivity contribution in [1.29, 1.82) is 0 Å². The molecule has 2 nitrogen and oxygen atoms in total. The molecule has 0 amide bonds. The molecule has 2 aliphatic rings. The van der Waals surface area contributed by atoms with Crippen molar-refractivity contribution in [3.63, 3.8) is 0 Å². The third kappa shape index (κ3) is 2.11. The molecule has 2 aromatic carbocycles. The van der Waals surface area contributed by atoms with Crippen molar-refractivity contribution in [2.45, 2.75) is 9.79 Å². The number of benzene rings is 2. The third-order valence-electron chi connectivity index (χ3n) is 3.27. The average Bonchev–Trinajstić information content (AvgIpc) is 2.54. The van der Waals surface area contributed by atoms with Crippen LogP contribution in [0.4, 0.5) is 0 Å². The van der Waals surface area contributed by atoms with Crippen molar-refractivity contribution in [1.82, 2.24) is 9.44 Å². The van der Waals surface area contributed by atoms with Gasteiger partial charge in [0.2, 0.25) is 0 Å². The van der Waals surface area contributed by atoms with Gasteiger partial charge >= 0.3 is 0 Å². The summed E-state index contributed by atoms with van der Waals surface area (Å²) in [5, 5.41) is 0. The molecule has 0 atom stereocenters. The first-order chi connectivity index (χ1) is 9.90. The van der Waals surface area contributed by atoms with Gasteiger partial charge in [-0.1, -0.05) is 36.4 Å². The highest BCUT2D eigenvalue weighted by Crippen LogP contribution is 2.34. The Labute approximate surface area is 126 Å². The number of rotatable bonds is 1. The number of nitrogens with one attached hydrogen (secondary N) is 2. The molecule has 0 bridgehead atoms. The molecule has 0 aromatic heterocycles. The van der Waals surface area contributed by atoms with Gasteiger partial charge < -0.3 is 9.44 Å². The van der Waals surface area contributed by atoms with E-state index in [1.165, 1.54) is 20.9 Å². The molecule has 0 spiro atoms. The second-order valence-electron chi connectivity index (χ2n) is 4.60. The van der Waals surface area contributed by atoms with Gasteiger partial charge in [-0.15, -0.1) is 0 Å². The molecule has 98 valence electrons. The van der Waals surface area contributed by atoms with Crippen LogP contribution in [0.2, 0.25) is 0 Å². The maximum Gasteiger partial charge on any atom is 0.0692 e. The van der Waals surface area contributed by atoms with Gasteiger partial charge in [-0.05, 0) is 59.3 Å². The molecule has 0 saturated heterocycles. The molecule has 20 heavy (non-hydrogen) atoms. The van der Waals surface area contributed by atoms with Crippen LogP contribution in [0.5, 0.6) is 0 Å². The van der Waals surface area contributed by atoms with E-state index in [1.807, 2.05) is 0 Å². The second-order valence-corrected chi connectivity index (χ2v) is 6.30. The summed E-state index contributed by atoms with van der Waals surface area (Å²) in [4.78, 5) is 2.53. The van der Waals surface area contributed by atoms with Gasteiger partial charge in [-0.2, -0.15) is 0 Å². The van der Waals surface area contributed by atoms with Crippen molar-refractivity contribution < 1.29 is 0 Å². The predicted molar refractivity (Wildman–Crippen MR) is 86.8 cm³/mol. The third-order valence-corrected chi connectivity index (χ3v) is 5.10. The fraction of sp³-hybridized carbons (Fsp3) is 0. The highest BCUT2D eigenvalue weighted by atomic mass is 32.2. The lowest BCUT2D eigenvalue weighted by Gasteiger charge is -2.23. The molecule has 0 saturated carbocycles. The minimum atomic E-state index is 1.12. The lowest BCUT2D eigenvalue weighted by Crippen LogP contribution is -2.18. The molecule has 2 aromatic rings. The average molecular weight is 296 g/mol. The summed E-state index contributed by atoms with van der Waals surface area (Å²) in [6.07, 6.45) is 4.39. The van der Waals surface area contributed by atoms with Gasteiger partial charge in [0, 0.05) is 9.79 Å². The topological polar surface area (TPSA) is 24.1 Å². The standard InChI is InChI=1S/C16H12N2S2/c1-3-7-15-11(5-1)9-13(17-19-15)14-10-12-6-2-4-8-16(12)20-18-14/h1-10,17-18H. The predicted octanol–water partition coefficient (Wildman–Crippen LogP) is 4.29. The Morgan fingerprint density at radius 1 is 0.600 bits per heavy atom. The van der Waals surface area contributed by atoms with E-state index in [-0.39, 0.29) is 0 Å². The van der Waals surface area contributed by atoms with Crippen molar-refractivity contribution in [2.75, 3.05) is 0 Å². The molecule has 4 heteroatoms. The summed E-state index contributed by atoms with van der Waals surface area (Å²) in [7, 11) is 0. The Bertz CT molecular complexity index is 671. The van der Waals surface area contributed by atoms with Crippen LogP contribution in [-0.4, -0.2) is 0 Å². The summed E-state index contributed by atoms with van der Waals surface area (Å²) in [5.41, 5.74) is 4.77. The van der Waals surface area contributed by atoms with Gasteiger partial charge in [-0.25, -0.2) is 0 Å². The van der Waals surface area contributed by atoms with E-state index in [4.69, 9.17) is 0 Å². The summed E-state index contributed by atoms with van der Waals surface area (Å²) >= 11 is 3.33. The van der Waals surface area contributed by atoms with E-state index in [2.05, 4.69) is 70.1 Å². The zero-order chi connectivity index (χ0) is 13.4. The van der Waals surface area contributed by atoms with E-state index < -0.39 is 0 Å². The monoisotopic (exact) mass is 296 g/mol. The van der Waals surface area contributed by atoms with Gasteiger partial charge in [-0.3, -0.25) is 0 Å². The quantitative estimate of drug-likeness (QED) is 0.767. The van der Waals surface area contributed by atoms with Crippen LogP contribution in [0.1, 0.15) is 11.1 Å². The van der Waals surface area contributed by atoms with Crippen LogP contribution >= 0.6 is 23.9 Å². The Kier molecular flexibility index (Phi) is 2.98. The molecule has 4 rings (SSSR count). The van der Waals surface area contributed by atoms with E-state index in [9.17, 15) is 0 Å². The van der Waals surface area contributed by atoms with Crippen LogP contribution in [0.25, 0.3) is 12.2 Å². The Morgan fingerprint density at radius 2 is 1.05 bits per heavy atom. The molecule has 0 radical (unpaired) electrons. The van der Waals surface area contributed by atoms with E-state index in [1.54, 1.807) is 23.9 Å². The molecule has 2 aliphatic heterocycles. The smallest absolute Gasteiger partial charge is 0.0692 e. The lowest BCUT2D eigenvalue weighted by molar-refractivity contribution is 1.11. The summed E-state index contributed by atoms with van der Waals surface area (Å²) in [5.74, 6) is 0. The van der Waals surface area contributed by atoms with Crippen LogP contribution in [0.3, 0.4) is 0 Å². The maximum absolute atomic E-state index is 3.41. The van der Waals surface area contributed by atoms with Crippen molar-refractivity contribution in [3.05, 3.63) is 71.1 Å². The van der Waals surface area contributed by atoms with Gasteiger partial charge in [0.25, 0.3) is 0 Å². The Balaban J connectivity index is 1.74. The van der Waals surface area contributed by atoms with Crippen LogP contribution in [0, 0.1) is 0 Å². The summed E-state index contributed by atoms with van der Waals surface area (Å²) in [6.45, 7) is 0. The first-order valence-corrected chi connectivity index (χ1v) is 8.01. The van der Waals surface area contributed by atoms with Crippen LogP contribution < -0.4 is 9.44 Å². The first-order valence-electron chi connectivity index (χ1n) is 6.38. The van der Waals surface area contributed by atoms with Gasteiger partial charge in [0.05, 0.1) is 11.4 Å². The second kappa shape index (κ2) is 4.96. The van der Waals surface area contributed by atoms with Crippen molar-refractivity contribution >= 4 is 36.0 Å². The highest BCUT2D eigenvalue weighted by molar-refractivity contribution is 7.98. The molecule has 2 N–H and O–H groups in total. The molecule has 0 fully saturated rings. The molecule has 2 heterocycles. The van der Waals surface area contributed by atoms with Crippen LogP contribution in [0.15, 0.2) is 69.7 Å². The van der Waals surface area contributed by atoms with E-state index in [0.29, 0.717) is 0 Å². The van der Waals surface area contributed by atoms with Crippen molar-refractivity contribution in [3.8, 4) is 0 Å². The summed E-state index contributed by atoms with van der Waals surface area (Å²) < 4.78 is 6.82. The molecular weight excluding hydrogens is 284 g/mol. The Hall–Kier alpha value is -1.78. The van der Waals surface area contributed by atoms with E-state index >= 15 is 0 Å². The minimum Gasteiger partial charge on any atom is -0.324 e. The minimum absolute atomic E-state index is 1.12. The van der Waals surface area contributed by atoms with Gasteiger partial charge in [0.15, 0.2) is 0 Å². The zero-order valence-electron chi connectivity index (χ0n) is 10.6. The molecule has 0 aliphatic carbocycles. The summed E-state index contributed by atoms with van der Waals surface area (Å²) in [6, 6.07) is 16.8. The van der Waals surface area contributed by atoms with Crippen molar-refractivity contribution in [2.24, 2.45) is 0 Å². The lowest BCUT2D eigenvalue weighted by atomic mass is 10.1. The normalized spacial score (nSPS) is 16.0. The van der Waals surface area contributed by atoms with Gasteiger partial charge in [0.1, 0.15) is 0 Å². The fourth-order valence-electron chi connectivity index (χ4n) is 2.24. The first kappa shape index (κ1) is 12.0. The Morgan fingerprint density at radius 3 is 1.55 bits per heavy atom. The molecular formula is C16H12N2S2. The number of hydrogen-bond acceptors (Lipinski definition) is 4. The van der Waals surface area contributed by atoms with Crippen LogP contribution in [-0.2, 0) is 0 Å². The largest absolute Gasteiger partial charge is 0.324 e. The molecule has 0 unspecified atom stereocenters. The maximum atomic E-state index is 3.41. The number of hydrogen-bond donors (Lipinski definition) is 2. The highest BCUT2D eigenvalue weighted by Gasteiger charge is 2.17. The fourth-order valence-corrected chi connectivity index (χ4v) is 3.80. The zero-order valence-corrected chi connectivity index (χ0v) is 12.2. The van der Waals surface area contributed by atoms with E-state index in [0.717, 1.165) is 11.4 Å². The number of fused-ring (bicyclic) bond motifs is 2. The SMILES string of the molecule is C1=C(C2=Cc3ccccc3SN2)NSc2ccccc21.